The fourth-order valence-electron chi connectivity index (χ4n) is 1.33. The molecule has 0 atom stereocenters. The molecule has 0 aliphatic carbocycles. The number of sulfonamides is 1. The third-order valence-electron chi connectivity index (χ3n) is 2.19. The molecule has 1 rings (SSSR count). The first-order valence-corrected chi connectivity index (χ1v) is 6.74. The molecule has 6 heteroatoms. The smallest absolute Gasteiger partial charge is 0.245 e. The minimum absolute atomic E-state index is 0.0134. The Morgan fingerprint density at radius 3 is 2.65 bits per heavy atom. The van der Waals surface area contributed by atoms with Crippen molar-refractivity contribution in [1.29, 1.82) is 0 Å². The standard InChI is InChI=1S/C11H13ClN2O2S/c1-3-7-14(4-2)17(15,16)11-6-5-9(13)8-10(11)12/h1,5-6,8H,4,7,13H2,2H3. The highest BCUT2D eigenvalue weighted by molar-refractivity contribution is 7.89. The number of halogens is 1. The van der Waals surface area contributed by atoms with Crippen LogP contribution in [-0.4, -0.2) is 25.8 Å². The van der Waals surface area contributed by atoms with E-state index in [4.69, 9.17) is 23.8 Å². The lowest BCUT2D eigenvalue weighted by atomic mass is 10.3. The Labute approximate surface area is 106 Å². The van der Waals surface area contributed by atoms with E-state index in [9.17, 15) is 8.42 Å². The summed E-state index contributed by atoms with van der Waals surface area (Å²) in [4.78, 5) is 0.0190. The summed E-state index contributed by atoms with van der Waals surface area (Å²) in [6.45, 7) is 2.01. The lowest BCUT2D eigenvalue weighted by molar-refractivity contribution is 0.464. The van der Waals surface area contributed by atoms with Crippen molar-refractivity contribution in [2.24, 2.45) is 0 Å². The van der Waals surface area contributed by atoms with E-state index in [2.05, 4.69) is 5.92 Å². The molecular weight excluding hydrogens is 260 g/mol. The molecule has 17 heavy (non-hydrogen) atoms. The van der Waals surface area contributed by atoms with E-state index in [1.807, 2.05) is 0 Å². The minimum Gasteiger partial charge on any atom is -0.399 e. The van der Waals surface area contributed by atoms with Gasteiger partial charge in [-0.25, -0.2) is 8.42 Å². The Bertz CT molecular complexity index is 549. The molecule has 0 unspecified atom stereocenters. The number of terminal acetylenes is 1. The van der Waals surface area contributed by atoms with Crippen LogP contribution in [0.25, 0.3) is 0 Å². The Balaban J connectivity index is 3.26. The van der Waals surface area contributed by atoms with Crippen LogP contribution in [0.15, 0.2) is 23.1 Å². The van der Waals surface area contributed by atoms with E-state index in [0.29, 0.717) is 5.69 Å². The van der Waals surface area contributed by atoms with Crippen LogP contribution in [0.4, 0.5) is 5.69 Å². The van der Waals surface area contributed by atoms with Crippen LogP contribution >= 0.6 is 11.6 Å². The second-order valence-electron chi connectivity index (χ2n) is 3.33. The molecule has 0 aliphatic rings. The van der Waals surface area contributed by atoms with Crippen molar-refractivity contribution < 1.29 is 8.42 Å². The molecule has 0 radical (unpaired) electrons. The van der Waals surface area contributed by atoms with Gasteiger partial charge in [-0.3, -0.25) is 0 Å². The fraction of sp³-hybridized carbons (Fsp3) is 0.273. The Hall–Kier alpha value is -1.22. The third-order valence-corrected chi connectivity index (χ3v) is 4.60. The van der Waals surface area contributed by atoms with Gasteiger partial charge in [0.15, 0.2) is 0 Å². The van der Waals surface area contributed by atoms with Crippen LogP contribution in [0.5, 0.6) is 0 Å². The van der Waals surface area contributed by atoms with Gasteiger partial charge in [0.2, 0.25) is 10.0 Å². The van der Waals surface area contributed by atoms with Gasteiger partial charge in [0.1, 0.15) is 4.90 Å². The van der Waals surface area contributed by atoms with E-state index < -0.39 is 10.0 Å². The van der Waals surface area contributed by atoms with Crippen molar-refractivity contribution in [3.63, 3.8) is 0 Å². The maximum absolute atomic E-state index is 12.2. The summed E-state index contributed by atoms with van der Waals surface area (Å²) in [6.07, 6.45) is 5.13. The Morgan fingerprint density at radius 1 is 1.53 bits per heavy atom. The lowest BCUT2D eigenvalue weighted by Crippen LogP contribution is -2.31. The van der Waals surface area contributed by atoms with Gasteiger partial charge >= 0.3 is 0 Å². The molecule has 2 N–H and O–H groups in total. The van der Waals surface area contributed by atoms with Crippen molar-refractivity contribution in [3.8, 4) is 12.3 Å². The summed E-state index contributed by atoms with van der Waals surface area (Å²) in [5.74, 6) is 2.30. The summed E-state index contributed by atoms with van der Waals surface area (Å²) >= 11 is 5.88. The molecule has 0 aromatic heterocycles. The summed E-state index contributed by atoms with van der Waals surface area (Å²) in [5, 5.41) is 0.0977. The maximum atomic E-state index is 12.2. The number of nitrogens with two attached hydrogens (primary N) is 1. The van der Waals surface area contributed by atoms with Gasteiger partial charge in [0, 0.05) is 12.2 Å². The number of nitrogen functional groups attached to an aromatic ring is 1. The molecule has 0 aliphatic heterocycles. The van der Waals surface area contributed by atoms with Crippen LogP contribution in [0, 0.1) is 12.3 Å². The van der Waals surface area contributed by atoms with Gasteiger partial charge in [-0.1, -0.05) is 24.4 Å². The number of anilines is 1. The van der Waals surface area contributed by atoms with Gasteiger partial charge < -0.3 is 5.73 Å². The molecule has 1 aromatic carbocycles. The molecule has 0 bridgehead atoms. The number of hydrogen-bond donors (Lipinski definition) is 1. The summed E-state index contributed by atoms with van der Waals surface area (Å²) < 4.78 is 25.6. The molecule has 0 heterocycles. The van der Waals surface area contributed by atoms with Gasteiger partial charge in [0.25, 0.3) is 0 Å². The van der Waals surface area contributed by atoms with Crippen LogP contribution in [0.3, 0.4) is 0 Å². The van der Waals surface area contributed by atoms with Gasteiger partial charge in [-0.05, 0) is 18.2 Å². The first kappa shape index (κ1) is 13.8. The minimum atomic E-state index is -3.66. The number of nitrogens with zero attached hydrogens (tertiary/aromatic N) is 1. The molecule has 92 valence electrons. The second kappa shape index (κ2) is 5.41. The number of rotatable bonds is 4. The molecule has 4 nitrogen and oxygen atoms in total. The summed E-state index contributed by atoms with van der Waals surface area (Å²) in [6, 6.07) is 4.27. The van der Waals surface area contributed by atoms with E-state index >= 15 is 0 Å². The van der Waals surface area contributed by atoms with Crippen molar-refractivity contribution in [1.82, 2.24) is 4.31 Å². The average molecular weight is 273 g/mol. The van der Waals surface area contributed by atoms with Crippen LogP contribution in [0.2, 0.25) is 5.02 Å². The largest absolute Gasteiger partial charge is 0.399 e. The van der Waals surface area contributed by atoms with Gasteiger partial charge in [-0.2, -0.15) is 4.31 Å². The molecule has 1 aromatic rings. The predicted molar refractivity (Wildman–Crippen MR) is 69.1 cm³/mol. The quantitative estimate of drug-likeness (QED) is 0.668. The van der Waals surface area contributed by atoms with E-state index in [1.165, 1.54) is 22.5 Å². The predicted octanol–water partition coefficient (Wildman–Crippen LogP) is 1.57. The zero-order valence-electron chi connectivity index (χ0n) is 9.35. The number of hydrogen-bond acceptors (Lipinski definition) is 3. The van der Waals surface area contributed by atoms with E-state index in [-0.39, 0.29) is 23.0 Å². The first-order valence-electron chi connectivity index (χ1n) is 4.92. The topological polar surface area (TPSA) is 63.4 Å². The Kier molecular flexibility index (Phi) is 4.40. The average Bonchev–Trinajstić information content (AvgIpc) is 2.24. The highest BCUT2D eigenvalue weighted by atomic mass is 35.5. The number of benzene rings is 1. The van der Waals surface area contributed by atoms with Crippen LogP contribution < -0.4 is 5.73 Å². The van der Waals surface area contributed by atoms with Crippen molar-refractivity contribution in [2.45, 2.75) is 11.8 Å². The summed E-state index contributed by atoms with van der Waals surface area (Å²) in [7, 11) is -3.66. The SMILES string of the molecule is C#CCN(CC)S(=O)(=O)c1ccc(N)cc1Cl. The molecular formula is C11H13ClN2O2S. The molecule has 0 spiro atoms. The maximum Gasteiger partial charge on any atom is 0.245 e. The third kappa shape index (κ3) is 2.91. The van der Waals surface area contributed by atoms with Gasteiger partial charge in [-0.15, -0.1) is 6.42 Å². The van der Waals surface area contributed by atoms with Crippen LogP contribution in [0.1, 0.15) is 6.92 Å². The molecule has 0 amide bonds. The van der Waals surface area contributed by atoms with Gasteiger partial charge in [0.05, 0.1) is 11.6 Å². The summed E-state index contributed by atoms with van der Waals surface area (Å²) in [5.41, 5.74) is 5.92. The monoisotopic (exact) mass is 272 g/mol. The molecule has 0 saturated carbocycles. The Morgan fingerprint density at radius 2 is 2.18 bits per heavy atom. The van der Waals surface area contributed by atoms with E-state index in [0.717, 1.165) is 0 Å². The highest BCUT2D eigenvalue weighted by Gasteiger charge is 2.24. The first-order chi connectivity index (χ1) is 7.93. The zero-order valence-corrected chi connectivity index (χ0v) is 10.9. The van der Waals surface area contributed by atoms with Crippen molar-refractivity contribution in [2.75, 3.05) is 18.8 Å². The van der Waals surface area contributed by atoms with Crippen molar-refractivity contribution >= 4 is 27.3 Å². The van der Waals surface area contributed by atoms with Crippen LogP contribution in [-0.2, 0) is 10.0 Å². The highest BCUT2D eigenvalue weighted by Crippen LogP contribution is 2.26. The fourth-order valence-corrected chi connectivity index (χ4v) is 3.22. The molecule has 0 saturated heterocycles. The zero-order chi connectivity index (χ0) is 13.1. The second-order valence-corrected chi connectivity index (χ2v) is 5.64. The van der Waals surface area contributed by atoms with E-state index in [1.54, 1.807) is 6.92 Å². The molecule has 0 fully saturated rings. The normalized spacial score (nSPS) is 11.4. The van der Waals surface area contributed by atoms with Crippen molar-refractivity contribution in [3.05, 3.63) is 23.2 Å². The lowest BCUT2D eigenvalue weighted by Gasteiger charge is -2.18.